The number of amides is 1. The predicted octanol–water partition coefficient (Wildman–Crippen LogP) is 2.26. The van der Waals surface area contributed by atoms with Crippen molar-refractivity contribution in [2.45, 2.75) is 31.9 Å². The van der Waals surface area contributed by atoms with E-state index in [1.165, 1.54) is 21.8 Å². The monoisotopic (exact) mass is 545 g/mol. The maximum absolute atomic E-state index is 13.2. The smallest absolute Gasteiger partial charge is 0.379 e. The van der Waals surface area contributed by atoms with E-state index in [-0.39, 0.29) is 37.2 Å². The highest BCUT2D eigenvalue weighted by Crippen LogP contribution is 2.32. The van der Waals surface area contributed by atoms with Gasteiger partial charge in [0.05, 0.1) is 24.0 Å². The van der Waals surface area contributed by atoms with E-state index >= 15 is 0 Å². The summed E-state index contributed by atoms with van der Waals surface area (Å²) < 4.78 is 79.2. The van der Waals surface area contributed by atoms with Crippen LogP contribution in [-0.2, 0) is 18.9 Å². The molecule has 17 heteroatoms. The first-order valence-electron chi connectivity index (χ1n) is 11.2. The van der Waals surface area contributed by atoms with E-state index in [4.69, 9.17) is 0 Å². The number of carbonyl (C=O) groups is 1. The van der Waals surface area contributed by atoms with Gasteiger partial charge in [0.2, 0.25) is 5.95 Å². The van der Waals surface area contributed by atoms with Crippen molar-refractivity contribution in [1.82, 2.24) is 34.8 Å². The van der Waals surface area contributed by atoms with Crippen LogP contribution in [0.5, 0.6) is 0 Å². The summed E-state index contributed by atoms with van der Waals surface area (Å²) in [7, 11) is 0. The van der Waals surface area contributed by atoms with Crippen molar-refractivity contribution in [2.75, 3.05) is 36.4 Å². The predicted molar refractivity (Wildman–Crippen MR) is 120 cm³/mol. The molecule has 4 heterocycles. The average Bonchev–Trinajstić information content (AvgIpc) is 3.30. The van der Waals surface area contributed by atoms with Gasteiger partial charge in [-0.25, -0.2) is 15.1 Å². The first kappa shape index (κ1) is 26.9. The summed E-state index contributed by atoms with van der Waals surface area (Å²) in [4.78, 5) is 35.2. The maximum atomic E-state index is 13.2. The molecule has 11 nitrogen and oxygen atoms in total. The van der Waals surface area contributed by atoms with Crippen molar-refractivity contribution in [2.24, 2.45) is 0 Å². The van der Waals surface area contributed by atoms with Crippen LogP contribution < -0.4 is 15.8 Å². The number of carbonyl (C=O) groups excluding carboxylic acids is 1. The second-order valence-electron chi connectivity index (χ2n) is 8.50. The Kier molecular flexibility index (Phi) is 7.28. The molecule has 1 aliphatic rings. The highest BCUT2D eigenvalue weighted by atomic mass is 19.4. The van der Waals surface area contributed by atoms with Gasteiger partial charge in [-0.15, -0.1) is 0 Å². The zero-order valence-electron chi connectivity index (χ0n) is 19.7. The summed E-state index contributed by atoms with van der Waals surface area (Å²) in [5.41, 5.74) is -4.08. The minimum Gasteiger partial charge on any atom is -0.379 e. The topological polar surface area (TPSA) is 125 Å². The SMILES string of the molecule is CC(Cn1ccc(C(=O)N2CCN(c3ncc(C(F)(F)F)cn3)CC2)n1)Nc1cn[nH]c(=O)c1C(F)(F)F. The molecule has 0 spiro atoms. The number of piperazine rings is 1. The Hall–Kier alpha value is -4.18. The van der Waals surface area contributed by atoms with E-state index in [9.17, 15) is 35.9 Å². The minimum absolute atomic E-state index is 0.0798. The van der Waals surface area contributed by atoms with Gasteiger partial charge < -0.3 is 15.1 Å². The summed E-state index contributed by atoms with van der Waals surface area (Å²) in [6, 6.07) is 0.853. The summed E-state index contributed by atoms with van der Waals surface area (Å²) in [6.07, 6.45) is -5.64. The van der Waals surface area contributed by atoms with Crippen LogP contribution in [0.25, 0.3) is 0 Å². The number of hydrogen-bond donors (Lipinski definition) is 2. The molecule has 0 bridgehead atoms. The zero-order valence-corrected chi connectivity index (χ0v) is 19.7. The molecule has 1 aliphatic heterocycles. The molecule has 204 valence electrons. The van der Waals surface area contributed by atoms with Crippen LogP contribution in [0.1, 0.15) is 28.5 Å². The summed E-state index contributed by atoms with van der Waals surface area (Å²) in [5, 5.41) is 12.0. The molecule has 4 rings (SSSR count). The van der Waals surface area contributed by atoms with E-state index in [2.05, 4.69) is 25.5 Å². The standard InChI is InChI=1S/C21H21F6N9O2/c1-12(31-15-10-30-32-17(37)16(15)21(25,26)27)11-36-3-2-14(33-36)18(38)34-4-6-35(7-5-34)19-28-8-13(9-29-19)20(22,23)24/h2-3,8-10,12H,4-7,11H2,1H3,(H2,31,32,37). The molecule has 3 aromatic heterocycles. The Bertz CT molecular complexity index is 1330. The van der Waals surface area contributed by atoms with Crippen molar-refractivity contribution in [3.63, 3.8) is 0 Å². The molecule has 1 fully saturated rings. The van der Waals surface area contributed by atoms with E-state index < -0.39 is 40.8 Å². The molecule has 1 saturated heterocycles. The number of anilines is 2. The molecule has 1 unspecified atom stereocenters. The van der Waals surface area contributed by atoms with Crippen molar-refractivity contribution < 1.29 is 31.1 Å². The highest BCUT2D eigenvalue weighted by Gasteiger charge is 2.37. The van der Waals surface area contributed by atoms with Gasteiger partial charge in [-0.05, 0) is 13.0 Å². The molecule has 3 aromatic rings. The summed E-state index contributed by atoms with van der Waals surface area (Å²) in [5.74, 6) is -0.254. The Morgan fingerprint density at radius 1 is 1.05 bits per heavy atom. The molecule has 0 saturated carbocycles. The van der Waals surface area contributed by atoms with Crippen LogP contribution in [0, 0.1) is 0 Å². The third kappa shape index (κ3) is 6.03. The number of alkyl halides is 6. The number of aromatic nitrogens is 6. The first-order chi connectivity index (χ1) is 17.8. The second-order valence-corrected chi connectivity index (χ2v) is 8.50. The number of nitrogens with zero attached hydrogens (tertiary/aromatic N) is 7. The largest absolute Gasteiger partial charge is 0.423 e. The van der Waals surface area contributed by atoms with Crippen molar-refractivity contribution in [3.8, 4) is 0 Å². The van der Waals surface area contributed by atoms with Crippen LogP contribution in [0.4, 0.5) is 38.0 Å². The minimum atomic E-state index is -4.88. The molecule has 0 radical (unpaired) electrons. The molecular weight excluding hydrogens is 524 g/mol. The number of H-pyrrole nitrogens is 1. The van der Waals surface area contributed by atoms with Gasteiger partial charge in [0.25, 0.3) is 11.5 Å². The van der Waals surface area contributed by atoms with Gasteiger partial charge in [-0.2, -0.15) is 36.5 Å². The molecule has 2 N–H and O–H groups in total. The van der Waals surface area contributed by atoms with Gasteiger partial charge in [0.1, 0.15) is 11.3 Å². The maximum Gasteiger partial charge on any atom is 0.423 e. The van der Waals surface area contributed by atoms with Crippen LogP contribution in [0.15, 0.2) is 35.6 Å². The number of aromatic amines is 1. The van der Waals surface area contributed by atoms with Gasteiger partial charge in [-0.1, -0.05) is 0 Å². The van der Waals surface area contributed by atoms with Crippen LogP contribution >= 0.6 is 0 Å². The van der Waals surface area contributed by atoms with Crippen molar-refractivity contribution >= 4 is 17.5 Å². The second kappa shape index (κ2) is 10.3. The lowest BCUT2D eigenvalue weighted by Crippen LogP contribution is -2.49. The van der Waals surface area contributed by atoms with Crippen LogP contribution in [0.3, 0.4) is 0 Å². The number of hydrogen-bond acceptors (Lipinski definition) is 8. The normalized spacial score (nSPS) is 15.4. The van der Waals surface area contributed by atoms with E-state index in [0.717, 1.165) is 6.20 Å². The third-order valence-electron chi connectivity index (χ3n) is 5.68. The Morgan fingerprint density at radius 3 is 2.32 bits per heavy atom. The summed E-state index contributed by atoms with van der Waals surface area (Å²) in [6.45, 7) is 2.76. The lowest BCUT2D eigenvalue weighted by atomic mass is 10.2. The Labute approximate surface area is 210 Å². The van der Waals surface area contributed by atoms with Gasteiger partial charge >= 0.3 is 12.4 Å². The van der Waals surface area contributed by atoms with E-state index in [1.54, 1.807) is 16.9 Å². The fourth-order valence-corrected chi connectivity index (χ4v) is 3.86. The van der Waals surface area contributed by atoms with Crippen LogP contribution in [-0.4, -0.2) is 73.0 Å². The third-order valence-corrected chi connectivity index (χ3v) is 5.68. The van der Waals surface area contributed by atoms with Crippen LogP contribution in [0.2, 0.25) is 0 Å². The molecule has 0 aromatic carbocycles. The Balaban J connectivity index is 1.33. The first-order valence-corrected chi connectivity index (χ1v) is 11.2. The highest BCUT2D eigenvalue weighted by molar-refractivity contribution is 5.92. The number of halogens is 6. The van der Waals surface area contributed by atoms with Crippen molar-refractivity contribution in [1.29, 1.82) is 0 Å². The molecule has 0 aliphatic carbocycles. The fraction of sp³-hybridized carbons (Fsp3) is 0.429. The lowest BCUT2D eigenvalue weighted by Gasteiger charge is -2.34. The lowest BCUT2D eigenvalue weighted by molar-refractivity contribution is -0.139. The van der Waals surface area contributed by atoms with Gasteiger partial charge in [-0.3, -0.25) is 14.3 Å². The molecular formula is C21H21F6N9O2. The number of rotatable bonds is 6. The molecule has 38 heavy (non-hydrogen) atoms. The fourth-order valence-electron chi connectivity index (χ4n) is 3.86. The zero-order chi connectivity index (χ0) is 27.7. The van der Waals surface area contributed by atoms with Crippen molar-refractivity contribution in [3.05, 3.63) is 58.0 Å². The van der Waals surface area contributed by atoms with E-state index in [1.807, 2.05) is 0 Å². The Morgan fingerprint density at radius 2 is 1.71 bits per heavy atom. The molecule has 1 amide bonds. The van der Waals surface area contributed by atoms with Gasteiger partial charge in [0, 0.05) is 50.8 Å². The quantitative estimate of drug-likeness (QED) is 0.452. The van der Waals surface area contributed by atoms with Gasteiger partial charge in [0.15, 0.2) is 0 Å². The molecule has 1 atom stereocenters. The number of nitrogens with one attached hydrogen (secondary N) is 2. The average molecular weight is 545 g/mol. The van der Waals surface area contributed by atoms with E-state index in [0.29, 0.717) is 25.5 Å². The summed E-state index contributed by atoms with van der Waals surface area (Å²) >= 11 is 0.